The zero-order chi connectivity index (χ0) is 15.2. The molecule has 0 amide bonds. The maximum absolute atomic E-state index is 5.50. The van der Waals surface area contributed by atoms with E-state index >= 15 is 0 Å². The van der Waals surface area contributed by atoms with E-state index < -0.39 is 0 Å². The lowest BCUT2D eigenvalue weighted by Gasteiger charge is -2.22. The number of hydrogen-bond donors (Lipinski definition) is 0. The standard InChI is InChI=1S/C15H23N5O/c1-10-8-13(20(17-10)15(3,4)5)14-16-11(2)18-19(14)12-6-7-21-9-12/h8,12H,6-7,9H2,1-5H3. The molecule has 1 aliphatic heterocycles. The van der Waals surface area contributed by atoms with Crippen LogP contribution >= 0.6 is 0 Å². The summed E-state index contributed by atoms with van der Waals surface area (Å²) >= 11 is 0. The van der Waals surface area contributed by atoms with Gasteiger partial charge in [-0.2, -0.15) is 10.2 Å². The lowest BCUT2D eigenvalue weighted by molar-refractivity contribution is 0.184. The number of rotatable bonds is 2. The van der Waals surface area contributed by atoms with Crippen molar-refractivity contribution in [3.8, 4) is 11.5 Å². The van der Waals surface area contributed by atoms with E-state index in [0.29, 0.717) is 6.61 Å². The van der Waals surface area contributed by atoms with E-state index in [0.717, 1.165) is 36.1 Å². The van der Waals surface area contributed by atoms with E-state index in [2.05, 4.69) is 42.0 Å². The first-order valence-corrected chi connectivity index (χ1v) is 7.44. The highest BCUT2D eigenvalue weighted by Crippen LogP contribution is 2.29. The smallest absolute Gasteiger partial charge is 0.177 e. The second-order valence-corrected chi connectivity index (χ2v) is 6.70. The first-order valence-electron chi connectivity index (χ1n) is 7.44. The van der Waals surface area contributed by atoms with Crippen LogP contribution in [0.1, 0.15) is 44.8 Å². The summed E-state index contributed by atoms with van der Waals surface area (Å²) in [6, 6.07) is 2.35. The molecule has 1 fully saturated rings. The van der Waals surface area contributed by atoms with Gasteiger partial charge in [0.25, 0.3) is 0 Å². The molecule has 0 aromatic carbocycles. The normalized spacial score (nSPS) is 19.4. The second-order valence-electron chi connectivity index (χ2n) is 6.70. The van der Waals surface area contributed by atoms with Crippen LogP contribution < -0.4 is 0 Å². The fourth-order valence-electron chi connectivity index (χ4n) is 2.74. The fraction of sp³-hybridized carbons (Fsp3) is 0.667. The summed E-state index contributed by atoms with van der Waals surface area (Å²) in [7, 11) is 0. The molecule has 0 aliphatic carbocycles. The van der Waals surface area contributed by atoms with Crippen molar-refractivity contribution in [2.75, 3.05) is 13.2 Å². The van der Waals surface area contributed by atoms with Crippen LogP contribution in [0, 0.1) is 13.8 Å². The zero-order valence-electron chi connectivity index (χ0n) is 13.4. The van der Waals surface area contributed by atoms with E-state index in [1.807, 2.05) is 23.2 Å². The Balaban J connectivity index is 2.13. The van der Waals surface area contributed by atoms with E-state index in [4.69, 9.17) is 4.74 Å². The SMILES string of the molecule is Cc1cc(-c2nc(C)nn2C2CCOC2)n(C(C)(C)C)n1. The molecule has 21 heavy (non-hydrogen) atoms. The van der Waals surface area contributed by atoms with Crippen LogP contribution in [-0.4, -0.2) is 37.8 Å². The maximum Gasteiger partial charge on any atom is 0.177 e. The Morgan fingerprint density at radius 1 is 1.24 bits per heavy atom. The summed E-state index contributed by atoms with van der Waals surface area (Å²) in [5, 5.41) is 9.23. The van der Waals surface area contributed by atoms with Gasteiger partial charge in [0.1, 0.15) is 11.5 Å². The van der Waals surface area contributed by atoms with Gasteiger partial charge in [-0.1, -0.05) is 0 Å². The molecule has 3 rings (SSSR count). The van der Waals surface area contributed by atoms with Crippen molar-refractivity contribution in [3.63, 3.8) is 0 Å². The van der Waals surface area contributed by atoms with Gasteiger partial charge in [-0.25, -0.2) is 9.67 Å². The Kier molecular flexibility index (Phi) is 3.36. The van der Waals surface area contributed by atoms with Crippen molar-refractivity contribution in [2.45, 2.75) is 52.6 Å². The van der Waals surface area contributed by atoms with Crippen molar-refractivity contribution in [1.29, 1.82) is 0 Å². The van der Waals surface area contributed by atoms with Gasteiger partial charge in [0.2, 0.25) is 0 Å². The van der Waals surface area contributed by atoms with Gasteiger partial charge in [0.15, 0.2) is 5.82 Å². The first kappa shape index (κ1) is 14.3. The van der Waals surface area contributed by atoms with Crippen LogP contribution in [0.2, 0.25) is 0 Å². The molecule has 1 atom stereocenters. The van der Waals surface area contributed by atoms with Crippen LogP contribution in [0.3, 0.4) is 0 Å². The Morgan fingerprint density at radius 2 is 2.00 bits per heavy atom. The van der Waals surface area contributed by atoms with Gasteiger partial charge >= 0.3 is 0 Å². The van der Waals surface area contributed by atoms with Gasteiger partial charge in [-0.05, 0) is 47.1 Å². The molecule has 2 aromatic heterocycles. The monoisotopic (exact) mass is 289 g/mol. The highest BCUT2D eigenvalue weighted by atomic mass is 16.5. The zero-order valence-corrected chi connectivity index (χ0v) is 13.4. The highest BCUT2D eigenvalue weighted by Gasteiger charge is 2.27. The predicted molar refractivity (Wildman–Crippen MR) is 80.2 cm³/mol. The fourth-order valence-corrected chi connectivity index (χ4v) is 2.74. The first-order chi connectivity index (χ1) is 9.86. The summed E-state index contributed by atoms with van der Waals surface area (Å²) < 4.78 is 9.56. The third-order valence-corrected chi connectivity index (χ3v) is 3.68. The topological polar surface area (TPSA) is 57.8 Å². The third kappa shape index (κ3) is 2.60. The molecular weight excluding hydrogens is 266 g/mol. The summed E-state index contributed by atoms with van der Waals surface area (Å²) in [4.78, 5) is 4.65. The van der Waals surface area contributed by atoms with Gasteiger partial charge in [-0.15, -0.1) is 0 Å². The van der Waals surface area contributed by atoms with Gasteiger partial charge in [0, 0.05) is 6.61 Å². The molecule has 114 valence electrons. The molecule has 1 aliphatic rings. The number of aryl methyl sites for hydroxylation is 2. The average Bonchev–Trinajstić information content (AvgIpc) is 3.05. The minimum absolute atomic E-state index is 0.0968. The van der Waals surface area contributed by atoms with Crippen molar-refractivity contribution in [3.05, 3.63) is 17.6 Å². The van der Waals surface area contributed by atoms with Crippen LogP contribution in [0.5, 0.6) is 0 Å². The summed E-state index contributed by atoms with van der Waals surface area (Å²) in [5.41, 5.74) is 1.92. The lowest BCUT2D eigenvalue weighted by atomic mass is 10.1. The van der Waals surface area contributed by atoms with Crippen LogP contribution in [0.15, 0.2) is 6.07 Å². The summed E-state index contributed by atoms with van der Waals surface area (Å²) in [6.07, 6.45) is 0.985. The van der Waals surface area contributed by atoms with Crippen molar-refractivity contribution in [2.24, 2.45) is 0 Å². The minimum Gasteiger partial charge on any atom is -0.379 e. The molecule has 0 N–H and O–H groups in total. The molecule has 2 aromatic rings. The van der Waals surface area contributed by atoms with Crippen molar-refractivity contribution in [1.82, 2.24) is 24.5 Å². The molecule has 0 spiro atoms. The van der Waals surface area contributed by atoms with E-state index in [-0.39, 0.29) is 11.6 Å². The summed E-state index contributed by atoms with van der Waals surface area (Å²) in [5.74, 6) is 1.68. The number of nitrogens with zero attached hydrogens (tertiary/aromatic N) is 5. The van der Waals surface area contributed by atoms with Crippen LogP contribution in [-0.2, 0) is 10.3 Å². The number of hydrogen-bond acceptors (Lipinski definition) is 4. The maximum atomic E-state index is 5.50. The van der Waals surface area contributed by atoms with Crippen LogP contribution in [0.4, 0.5) is 0 Å². The Labute approximate surface area is 125 Å². The molecule has 0 bridgehead atoms. The molecule has 6 heteroatoms. The van der Waals surface area contributed by atoms with Gasteiger partial charge in [0.05, 0.1) is 23.9 Å². The number of aromatic nitrogens is 5. The van der Waals surface area contributed by atoms with E-state index in [1.165, 1.54) is 0 Å². The predicted octanol–water partition coefficient (Wildman–Crippen LogP) is 2.47. The Hall–Kier alpha value is -1.69. The molecule has 0 radical (unpaired) electrons. The van der Waals surface area contributed by atoms with E-state index in [1.54, 1.807) is 0 Å². The van der Waals surface area contributed by atoms with Crippen molar-refractivity contribution < 1.29 is 4.74 Å². The minimum atomic E-state index is -0.0968. The largest absolute Gasteiger partial charge is 0.379 e. The Bertz CT molecular complexity index is 644. The molecule has 1 unspecified atom stereocenters. The quantitative estimate of drug-likeness (QED) is 0.852. The summed E-state index contributed by atoms with van der Waals surface area (Å²) in [6.45, 7) is 11.9. The lowest BCUT2D eigenvalue weighted by Crippen LogP contribution is -2.25. The average molecular weight is 289 g/mol. The molecule has 1 saturated heterocycles. The van der Waals surface area contributed by atoms with Crippen molar-refractivity contribution >= 4 is 0 Å². The van der Waals surface area contributed by atoms with Gasteiger partial charge in [-0.3, -0.25) is 4.68 Å². The molecule has 0 saturated carbocycles. The number of ether oxygens (including phenoxy) is 1. The van der Waals surface area contributed by atoms with Gasteiger partial charge < -0.3 is 4.74 Å². The molecule has 3 heterocycles. The Morgan fingerprint density at radius 3 is 2.62 bits per heavy atom. The van der Waals surface area contributed by atoms with E-state index in [9.17, 15) is 0 Å². The second kappa shape index (κ2) is 4.94. The van der Waals surface area contributed by atoms with Crippen LogP contribution in [0.25, 0.3) is 11.5 Å². The third-order valence-electron chi connectivity index (χ3n) is 3.68. The molecule has 6 nitrogen and oxygen atoms in total. The molecular formula is C15H23N5O. The highest BCUT2D eigenvalue weighted by molar-refractivity contribution is 5.51.